The molecule has 0 atom stereocenters. The fourth-order valence-electron chi connectivity index (χ4n) is 1.53. The van der Waals surface area contributed by atoms with E-state index in [1.54, 1.807) is 29.9 Å². The number of ether oxygens (including phenoxy) is 2. The number of carbonyl (C=O) groups is 1. The number of aldehydes is 1. The molecule has 1 heterocycles. The van der Waals surface area contributed by atoms with E-state index in [9.17, 15) is 4.79 Å². The molecule has 94 valence electrons. The maximum Gasteiger partial charge on any atom is 0.172 e. The molecule has 2 rings (SSSR count). The van der Waals surface area contributed by atoms with Gasteiger partial charge in [0.25, 0.3) is 0 Å². The highest BCUT2D eigenvalue weighted by Crippen LogP contribution is 2.30. The number of para-hydroxylation sites is 1. The molecule has 6 heteroatoms. The van der Waals surface area contributed by atoms with Gasteiger partial charge in [0.05, 0.1) is 12.7 Å². The summed E-state index contributed by atoms with van der Waals surface area (Å²) in [6, 6.07) is 5.14. The third-order valence-electron chi connectivity index (χ3n) is 2.51. The van der Waals surface area contributed by atoms with Crippen LogP contribution in [-0.2, 0) is 13.7 Å². The largest absolute Gasteiger partial charge is 0.493 e. The molecule has 0 spiro atoms. The second kappa shape index (κ2) is 5.31. The number of aryl methyl sites for hydroxylation is 1. The Morgan fingerprint density at radius 3 is 2.89 bits per heavy atom. The van der Waals surface area contributed by atoms with Crippen molar-refractivity contribution in [1.82, 2.24) is 14.8 Å². The molecule has 6 nitrogen and oxygen atoms in total. The van der Waals surface area contributed by atoms with Crippen LogP contribution >= 0.6 is 0 Å². The minimum atomic E-state index is 0.220. The van der Waals surface area contributed by atoms with Crippen molar-refractivity contribution in [3.63, 3.8) is 0 Å². The highest BCUT2D eigenvalue weighted by atomic mass is 16.5. The quantitative estimate of drug-likeness (QED) is 0.743. The minimum absolute atomic E-state index is 0.220. The molecule has 0 radical (unpaired) electrons. The lowest BCUT2D eigenvalue weighted by molar-refractivity contribution is 0.111. The van der Waals surface area contributed by atoms with Gasteiger partial charge in [-0.25, -0.2) is 4.98 Å². The molecule has 1 aromatic carbocycles. The summed E-state index contributed by atoms with van der Waals surface area (Å²) in [4.78, 5) is 15.0. The number of aromatic nitrogens is 3. The Kier molecular flexibility index (Phi) is 3.57. The van der Waals surface area contributed by atoms with Gasteiger partial charge in [-0.1, -0.05) is 6.07 Å². The fraction of sp³-hybridized carbons (Fsp3) is 0.250. The van der Waals surface area contributed by atoms with Gasteiger partial charge in [-0.3, -0.25) is 9.48 Å². The molecule has 0 aliphatic rings. The maximum absolute atomic E-state index is 11.0. The molecule has 0 saturated carbocycles. The molecule has 1 aromatic heterocycles. The molecule has 18 heavy (non-hydrogen) atoms. The summed E-state index contributed by atoms with van der Waals surface area (Å²) in [5.41, 5.74) is 0.441. The molecule has 0 unspecified atom stereocenters. The van der Waals surface area contributed by atoms with Crippen LogP contribution < -0.4 is 9.47 Å². The van der Waals surface area contributed by atoms with Crippen molar-refractivity contribution in [3.8, 4) is 11.5 Å². The third-order valence-corrected chi connectivity index (χ3v) is 2.51. The monoisotopic (exact) mass is 247 g/mol. The van der Waals surface area contributed by atoms with Gasteiger partial charge in [0.1, 0.15) is 12.9 Å². The predicted octanol–water partition coefficient (Wildman–Crippen LogP) is 1.22. The first-order valence-electron chi connectivity index (χ1n) is 5.34. The molecule has 0 fully saturated rings. The zero-order valence-corrected chi connectivity index (χ0v) is 10.2. The van der Waals surface area contributed by atoms with Gasteiger partial charge in [0, 0.05) is 7.05 Å². The van der Waals surface area contributed by atoms with Crippen molar-refractivity contribution in [2.45, 2.75) is 6.61 Å². The summed E-state index contributed by atoms with van der Waals surface area (Å²) in [6.45, 7) is 0.220. The fourth-order valence-corrected chi connectivity index (χ4v) is 1.53. The van der Waals surface area contributed by atoms with Crippen molar-refractivity contribution in [2.75, 3.05) is 7.11 Å². The van der Waals surface area contributed by atoms with Crippen LogP contribution in [0.2, 0.25) is 0 Å². The lowest BCUT2D eigenvalue weighted by Crippen LogP contribution is -2.06. The summed E-state index contributed by atoms with van der Waals surface area (Å²) in [6.07, 6.45) is 2.18. The van der Waals surface area contributed by atoms with Crippen LogP contribution in [0.1, 0.15) is 16.2 Å². The second-order valence-corrected chi connectivity index (χ2v) is 3.59. The highest BCUT2D eigenvalue weighted by molar-refractivity contribution is 5.81. The van der Waals surface area contributed by atoms with Gasteiger partial charge < -0.3 is 9.47 Å². The molecule has 0 amide bonds. The Morgan fingerprint density at radius 1 is 1.44 bits per heavy atom. The van der Waals surface area contributed by atoms with E-state index >= 15 is 0 Å². The standard InChI is InChI=1S/C12H13N3O3/c1-15-11(13-8-14-15)7-18-12-9(6-16)4-3-5-10(12)17-2/h3-6,8H,7H2,1-2H3. The van der Waals surface area contributed by atoms with E-state index in [1.807, 2.05) is 0 Å². The highest BCUT2D eigenvalue weighted by Gasteiger charge is 2.11. The summed E-state index contributed by atoms with van der Waals surface area (Å²) in [7, 11) is 3.30. The average Bonchev–Trinajstić information content (AvgIpc) is 2.81. The third kappa shape index (κ3) is 2.32. The first kappa shape index (κ1) is 12.1. The van der Waals surface area contributed by atoms with Crippen molar-refractivity contribution in [3.05, 3.63) is 35.9 Å². The SMILES string of the molecule is COc1cccc(C=O)c1OCc1ncnn1C. The molecule has 2 aromatic rings. The van der Waals surface area contributed by atoms with E-state index in [0.717, 1.165) is 6.29 Å². The van der Waals surface area contributed by atoms with Crippen LogP contribution in [0.25, 0.3) is 0 Å². The number of hydrogen-bond acceptors (Lipinski definition) is 5. The molecule has 0 N–H and O–H groups in total. The summed E-state index contributed by atoms with van der Waals surface area (Å²) in [5, 5.41) is 3.94. The van der Waals surface area contributed by atoms with Gasteiger partial charge in [-0.05, 0) is 12.1 Å². The van der Waals surface area contributed by atoms with Crippen molar-refractivity contribution in [2.24, 2.45) is 7.05 Å². The molecule has 0 aliphatic carbocycles. The van der Waals surface area contributed by atoms with Crippen LogP contribution in [0.3, 0.4) is 0 Å². The van der Waals surface area contributed by atoms with Gasteiger partial charge in [0.15, 0.2) is 23.6 Å². The molecular weight excluding hydrogens is 234 g/mol. The topological polar surface area (TPSA) is 66.2 Å². The first-order chi connectivity index (χ1) is 8.76. The minimum Gasteiger partial charge on any atom is -0.493 e. The lowest BCUT2D eigenvalue weighted by Gasteiger charge is -2.11. The molecule has 0 bridgehead atoms. The summed E-state index contributed by atoms with van der Waals surface area (Å²) in [5.74, 6) is 1.59. The van der Waals surface area contributed by atoms with Crippen LogP contribution in [0, 0.1) is 0 Å². The van der Waals surface area contributed by atoms with Gasteiger partial charge in [0.2, 0.25) is 0 Å². The first-order valence-corrected chi connectivity index (χ1v) is 5.34. The number of methoxy groups -OCH3 is 1. The molecule has 0 saturated heterocycles. The van der Waals surface area contributed by atoms with Gasteiger partial charge in [-0.2, -0.15) is 5.10 Å². The van der Waals surface area contributed by atoms with E-state index in [4.69, 9.17) is 9.47 Å². The van der Waals surface area contributed by atoms with Crippen LogP contribution in [-0.4, -0.2) is 28.2 Å². The Morgan fingerprint density at radius 2 is 2.28 bits per heavy atom. The van der Waals surface area contributed by atoms with E-state index in [2.05, 4.69) is 10.1 Å². The summed E-state index contributed by atoms with van der Waals surface area (Å²) < 4.78 is 12.4. The van der Waals surface area contributed by atoms with E-state index in [0.29, 0.717) is 22.9 Å². The molecular formula is C12H13N3O3. The van der Waals surface area contributed by atoms with Crippen LogP contribution in [0.5, 0.6) is 11.5 Å². The smallest absolute Gasteiger partial charge is 0.172 e. The lowest BCUT2D eigenvalue weighted by atomic mass is 10.2. The van der Waals surface area contributed by atoms with Crippen molar-refractivity contribution >= 4 is 6.29 Å². The average molecular weight is 247 g/mol. The Labute approximate surface area is 104 Å². The van der Waals surface area contributed by atoms with Crippen molar-refractivity contribution < 1.29 is 14.3 Å². The number of rotatable bonds is 5. The van der Waals surface area contributed by atoms with Gasteiger partial charge >= 0.3 is 0 Å². The number of benzene rings is 1. The molecule has 0 aliphatic heterocycles. The number of hydrogen-bond donors (Lipinski definition) is 0. The van der Waals surface area contributed by atoms with E-state index in [-0.39, 0.29) is 6.61 Å². The Balaban J connectivity index is 2.22. The van der Waals surface area contributed by atoms with Crippen LogP contribution in [0.15, 0.2) is 24.5 Å². The zero-order valence-electron chi connectivity index (χ0n) is 10.2. The number of carbonyl (C=O) groups excluding carboxylic acids is 1. The second-order valence-electron chi connectivity index (χ2n) is 3.59. The number of nitrogens with zero attached hydrogens (tertiary/aromatic N) is 3. The van der Waals surface area contributed by atoms with Crippen LogP contribution in [0.4, 0.5) is 0 Å². The maximum atomic E-state index is 11.0. The Hall–Kier alpha value is -2.37. The van der Waals surface area contributed by atoms with E-state index < -0.39 is 0 Å². The zero-order chi connectivity index (χ0) is 13.0. The summed E-state index contributed by atoms with van der Waals surface area (Å²) >= 11 is 0. The Bertz CT molecular complexity index is 551. The normalized spacial score (nSPS) is 10.1. The predicted molar refractivity (Wildman–Crippen MR) is 63.7 cm³/mol. The van der Waals surface area contributed by atoms with E-state index in [1.165, 1.54) is 13.4 Å². The van der Waals surface area contributed by atoms with Crippen molar-refractivity contribution in [1.29, 1.82) is 0 Å². The van der Waals surface area contributed by atoms with Gasteiger partial charge in [-0.15, -0.1) is 0 Å².